The maximum atomic E-state index is 13.0. The predicted molar refractivity (Wildman–Crippen MR) is 68.5 cm³/mol. The molecule has 1 aromatic rings. The van der Waals surface area contributed by atoms with Gasteiger partial charge in [0.15, 0.2) is 0 Å². The van der Waals surface area contributed by atoms with Gasteiger partial charge in [0, 0.05) is 0 Å². The first-order valence-electron chi connectivity index (χ1n) is 5.98. The number of nitrogens with zero attached hydrogens (tertiary/aromatic N) is 1. The van der Waals surface area contributed by atoms with Crippen molar-refractivity contribution in [2.24, 2.45) is 17.3 Å². The standard InChI is InChI=1S/C15H14FNO2/c1-15(2)12(13(15)14(18)19)6-4-9-3-5-11(16)7-10(9)8-17/h3-7,12-13H,1-2H3,(H,18,19)/b6-4+. The van der Waals surface area contributed by atoms with Crippen molar-refractivity contribution in [3.63, 3.8) is 0 Å². The van der Waals surface area contributed by atoms with Crippen LogP contribution in [-0.4, -0.2) is 11.1 Å². The first-order chi connectivity index (χ1) is 8.87. The van der Waals surface area contributed by atoms with E-state index in [-0.39, 0.29) is 16.9 Å². The van der Waals surface area contributed by atoms with E-state index in [0.29, 0.717) is 5.56 Å². The van der Waals surface area contributed by atoms with Crippen molar-refractivity contribution < 1.29 is 14.3 Å². The van der Waals surface area contributed by atoms with E-state index in [9.17, 15) is 9.18 Å². The zero-order chi connectivity index (χ0) is 14.2. The smallest absolute Gasteiger partial charge is 0.307 e. The molecule has 1 aliphatic carbocycles. The number of rotatable bonds is 3. The van der Waals surface area contributed by atoms with Gasteiger partial charge < -0.3 is 5.11 Å². The van der Waals surface area contributed by atoms with Gasteiger partial charge in [0.1, 0.15) is 5.82 Å². The molecule has 98 valence electrons. The Balaban J connectivity index is 2.22. The summed E-state index contributed by atoms with van der Waals surface area (Å²) in [6.07, 6.45) is 3.50. The molecule has 0 radical (unpaired) electrons. The normalized spacial score (nSPS) is 24.1. The average molecular weight is 259 g/mol. The molecule has 0 aromatic heterocycles. The molecule has 0 spiro atoms. The molecule has 3 nitrogen and oxygen atoms in total. The quantitative estimate of drug-likeness (QED) is 0.907. The molecule has 2 rings (SSSR count). The Morgan fingerprint density at radius 2 is 2.21 bits per heavy atom. The summed E-state index contributed by atoms with van der Waals surface area (Å²) in [4.78, 5) is 11.0. The van der Waals surface area contributed by atoms with Crippen LogP contribution in [0.25, 0.3) is 6.08 Å². The SMILES string of the molecule is CC1(C)C(/C=C/c2ccc(F)cc2C#N)C1C(=O)O. The maximum absolute atomic E-state index is 13.0. The van der Waals surface area contributed by atoms with Crippen molar-refractivity contribution in [2.75, 3.05) is 0 Å². The molecule has 0 bridgehead atoms. The Bertz CT molecular complexity index is 599. The molecular formula is C15H14FNO2. The highest BCUT2D eigenvalue weighted by molar-refractivity contribution is 5.76. The van der Waals surface area contributed by atoms with Crippen LogP contribution >= 0.6 is 0 Å². The van der Waals surface area contributed by atoms with E-state index in [0.717, 1.165) is 0 Å². The van der Waals surface area contributed by atoms with Gasteiger partial charge in [-0.3, -0.25) is 4.79 Å². The molecule has 2 atom stereocenters. The van der Waals surface area contributed by atoms with Gasteiger partial charge in [0.25, 0.3) is 0 Å². The second-order valence-electron chi connectivity index (χ2n) is 5.37. The Morgan fingerprint density at radius 1 is 1.53 bits per heavy atom. The van der Waals surface area contributed by atoms with Crippen LogP contribution in [0.15, 0.2) is 24.3 Å². The van der Waals surface area contributed by atoms with Gasteiger partial charge in [-0.25, -0.2) is 4.39 Å². The summed E-state index contributed by atoms with van der Waals surface area (Å²) in [7, 11) is 0. The second-order valence-corrected chi connectivity index (χ2v) is 5.37. The third-order valence-electron chi connectivity index (χ3n) is 3.80. The van der Waals surface area contributed by atoms with Crippen molar-refractivity contribution in [2.45, 2.75) is 13.8 Å². The predicted octanol–water partition coefficient (Wildman–Crippen LogP) is 3.07. The number of hydrogen-bond donors (Lipinski definition) is 1. The van der Waals surface area contributed by atoms with Crippen molar-refractivity contribution in [3.05, 3.63) is 41.2 Å². The lowest BCUT2D eigenvalue weighted by Gasteiger charge is -1.99. The maximum Gasteiger partial charge on any atom is 0.307 e. The highest BCUT2D eigenvalue weighted by Gasteiger charge is 2.60. The van der Waals surface area contributed by atoms with Gasteiger partial charge in [-0.15, -0.1) is 0 Å². The van der Waals surface area contributed by atoms with Crippen LogP contribution < -0.4 is 0 Å². The highest BCUT2D eigenvalue weighted by atomic mass is 19.1. The molecule has 0 aliphatic heterocycles. The van der Waals surface area contributed by atoms with E-state index >= 15 is 0 Å². The molecule has 2 unspecified atom stereocenters. The first-order valence-corrected chi connectivity index (χ1v) is 5.98. The number of halogens is 1. The Morgan fingerprint density at radius 3 is 2.74 bits per heavy atom. The molecule has 0 heterocycles. The topological polar surface area (TPSA) is 61.1 Å². The van der Waals surface area contributed by atoms with Crippen molar-refractivity contribution in [1.29, 1.82) is 5.26 Å². The van der Waals surface area contributed by atoms with Gasteiger partial charge in [-0.2, -0.15) is 5.26 Å². The molecule has 1 N–H and O–H groups in total. The number of allylic oxidation sites excluding steroid dienone is 1. The molecule has 0 amide bonds. The first kappa shape index (κ1) is 13.3. The molecule has 1 fully saturated rings. The van der Waals surface area contributed by atoms with Crippen molar-refractivity contribution >= 4 is 12.0 Å². The van der Waals surface area contributed by atoms with Crippen LogP contribution in [0.5, 0.6) is 0 Å². The van der Waals surface area contributed by atoms with E-state index in [1.165, 1.54) is 18.2 Å². The lowest BCUT2D eigenvalue weighted by molar-refractivity contribution is -0.139. The van der Waals surface area contributed by atoms with Crippen LogP contribution in [0.2, 0.25) is 0 Å². The number of nitriles is 1. The Hall–Kier alpha value is -2.15. The van der Waals surface area contributed by atoms with Gasteiger partial charge in [-0.1, -0.05) is 32.1 Å². The van der Waals surface area contributed by atoms with E-state index in [2.05, 4.69) is 0 Å². The zero-order valence-electron chi connectivity index (χ0n) is 10.7. The number of carboxylic acid groups (broad SMARTS) is 1. The largest absolute Gasteiger partial charge is 0.481 e. The number of benzene rings is 1. The van der Waals surface area contributed by atoms with Gasteiger partial charge in [0.05, 0.1) is 17.6 Å². The molecule has 1 aliphatic rings. The minimum absolute atomic E-state index is 0.0541. The lowest BCUT2D eigenvalue weighted by atomic mass is 10.1. The summed E-state index contributed by atoms with van der Waals surface area (Å²) in [6.45, 7) is 3.80. The number of hydrogen-bond acceptors (Lipinski definition) is 2. The van der Waals surface area contributed by atoms with E-state index in [1.807, 2.05) is 19.9 Å². The Labute approximate surface area is 111 Å². The van der Waals surface area contributed by atoms with Crippen molar-refractivity contribution in [3.8, 4) is 6.07 Å². The van der Waals surface area contributed by atoms with Crippen LogP contribution in [0.1, 0.15) is 25.0 Å². The van der Waals surface area contributed by atoms with Crippen LogP contribution in [0.3, 0.4) is 0 Å². The van der Waals surface area contributed by atoms with Crippen LogP contribution in [0, 0.1) is 34.4 Å². The fourth-order valence-electron chi connectivity index (χ4n) is 2.49. The summed E-state index contributed by atoms with van der Waals surface area (Å²) in [6, 6.07) is 5.91. The van der Waals surface area contributed by atoms with Crippen LogP contribution in [-0.2, 0) is 4.79 Å². The molecular weight excluding hydrogens is 245 g/mol. The molecule has 1 saturated carbocycles. The van der Waals surface area contributed by atoms with Gasteiger partial charge in [-0.05, 0) is 29.0 Å². The number of carboxylic acids is 1. The summed E-state index contributed by atoms with van der Waals surface area (Å²) >= 11 is 0. The number of carbonyl (C=O) groups is 1. The minimum Gasteiger partial charge on any atom is -0.481 e. The summed E-state index contributed by atoms with van der Waals surface area (Å²) in [5, 5.41) is 18.0. The monoisotopic (exact) mass is 259 g/mol. The van der Waals surface area contributed by atoms with Crippen molar-refractivity contribution in [1.82, 2.24) is 0 Å². The Kier molecular flexibility index (Phi) is 3.15. The second kappa shape index (κ2) is 4.51. The lowest BCUT2D eigenvalue weighted by Crippen LogP contribution is -2.02. The fourth-order valence-corrected chi connectivity index (χ4v) is 2.49. The number of aliphatic carboxylic acids is 1. The molecule has 0 saturated heterocycles. The summed E-state index contributed by atoms with van der Waals surface area (Å²) in [5.74, 6) is -1.71. The van der Waals surface area contributed by atoms with E-state index in [1.54, 1.807) is 12.2 Å². The third-order valence-corrected chi connectivity index (χ3v) is 3.80. The fraction of sp³-hybridized carbons (Fsp3) is 0.333. The van der Waals surface area contributed by atoms with E-state index < -0.39 is 17.7 Å². The van der Waals surface area contributed by atoms with Gasteiger partial charge >= 0.3 is 5.97 Å². The minimum atomic E-state index is -0.806. The highest BCUT2D eigenvalue weighted by Crippen LogP contribution is 2.59. The molecule has 19 heavy (non-hydrogen) atoms. The average Bonchev–Trinajstić information content (AvgIpc) is 2.89. The third kappa shape index (κ3) is 2.37. The van der Waals surface area contributed by atoms with E-state index in [4.69, 9.17) is 10.4 Å². The van der Waals surface area contributed by atoms with Crippen LogP contribution in [0.4, 0.5) is 4.39 Å². The summed E-state index contributed by atoms with van der Waals surface area (Å²) < 4.78 is 13.0. The molecule has 4 heteroatoms. The van der Waals surface area contributed by atoms with Gasteiger partial charge in [0.2, 0.25) is 0 Å². The zero-order valence-corrected chi connectivity index (χ0v) is 10.7. The molecule has 1 aromatic carbocycles. The summed E-state index contributed by atoms with van der Waals surface area (Å²) in [5.41, 5.74) is 0.590.